The summed E-state index contributed by atoms with van der Waals surface area (Å²) in [6.07, 6.45) is 7.62. The zero-order valence-electron chi connectivity index (χ0n) is 21.4. The molecule has 1 aliphatic carbocycles. The second-order valence-corrected chi connectivity index (χ2v) is 9.41. The van der Waals surface area contributed by atoms with Gasteiger partial charge in [-0.05, 0) is 66.6 Å². The topological polar surface area (TPSA) is 113 Å². The number of rotatable bonds is 9. The van der Waals surface area contributed by atoms with Gasteiger partial charge >= 0.3 is 0 Å². The van der Waals surface area contributed by atoms with Crippen molar-refractivity contribution in [3.63, 3.8) is 0 Å². The molecule has 3 amide bonds. The Morgan fingerprint density at radius 1 is 1.00 bits per heavy atom. The number of nitrogens with one attached hydrogen (secondary N) is 3. The van der Waals surface area contributed by atoms with E-state index in [4.69, 9.17) is 4.42 Å². The first kappa shape index (κ1) is 26.1. The molecule has 3 N–H and O–H groups in total. The van der Waals surface area contributed by atoms with Crippen LogP contribution in [-0.4, -0.2) is 35.8 Å². The third kappa shape index (κ3) is 6.64. The first-order chi connectivity index (χ1) is 18.0. The standard InChI is InChI=1S/C29H34N4O4/c1-3-19-14-15-31-23(17-19)27(34)32-18-20-8-7-11-22(16-20)24-12-13-25(37-24)28(35)33-26(29(36)30-2)21-9-5-4-6-10-21/h7-8,11-17,21,26H,3-6,9-10,18H2,1-2H3,(H,30,36)(H,32,34)(H,33,35). The summed E-state index contributed by atoms with van der Waals surface area (Å²) in [6.45, 7) is 2.36. The predicted octanol–water partition coefficient (Wildman–Crippen LogP) is 4.26. The number of likely N-dealkylation sites (N-methyl/N-ethyl adjacent to an activating group) is 1. The van der Waals surface area contributed by atoms with Gasteiger partial charge < -0.3 is 20.4 Å². The Bertz CT molecular complexity index is 1250. The van der Waals surface area contributed by atoms with Gasteiger partial charge in [-0.3, -0.25) is 19.4 Å². The lowest BCUT2D eigenvalue weighted by Crippen LogP contribution is -2.50. The number of carbonyl (C=O) groups excluding carboxylic acids is 3. The number of amides is 3. The third-order valence-electron chi connectivity index (χ3n) is 6.90. The van der Waals surface area contributed by atoms with Crippen LogP contribution < -0.4 is 16.0 Å². The molecule has 1 fully saturated rings. The molecule has 3 aromatic rings. The van der Waals surface area contributed by atoms with Gasteiger partial charge in [-0.1, -0.05) is 44.4 Å². The van der Waals surface area contributed by atoms with Crippen molar-refractivity contribution in [2.75, 3.05) is 7.05 Å². The van der Waals surface area contributed by atoms with Crippen LogP contribution in [0.4, 0.5) is 0 Å². The molecular formula is C29H34N4O4. The zero-order chi connectivity index (χ0) is 26.2. The number of pyridine rings is 1. The smallest absolute Gasteiger partial charge is 0.287 e. The first-order valence-electron chi connectivity index (χ1n) is 12.9. The van der Waals surface area contributed by atoms with Gasteiger partial charge in [0.25, 0.3) is 11.8 Å². The quantitative estimate of drug-likeness (QED) is 0.405. The van der Waals surface area contributed by atoms with Gasteiger partial charge in [-0.25, -0.2) is 0 Å². The molecule has 194 valence electrons. The summed E-state index contributed by atoms with van der Waals surface area (Å²) in [4.78, 5) is 42.1. The number of benzene rings is 1. The highest BCUT2D eigenvalue weighted by molar-refractivity contribution is 5.96. The molecule has 1 atom stereocenters. The van der Waals surface area contributed by atoms with Crippen LogP contribution >= 0.6 is 0 Å². The van der Waals surface area contributed by atoms with Gasteiger partial charge in [-0.15, -0.1) is 0 Å². The second-order valence-electron chi connectivity index (χ2n) is 9.41. The predicted molar refractivity (Wildman–Crippen MR) is 141 cm³/mol. The average Bonchev–Trinajstić information content (AvgIpc) is 3.45. The molecule has 1 saturated carbocycles. The molecule has 0 radical (unpaired) electrons. The van der Waals surface area contributed by atoms with Crippen molar-refractivity contribution >= 4 is 17.7 Å². The van der Waals surface area contributed by atoms with Crippen LogP contribution in [-0.2, 0) is 17.8 Å². The van der Waals surface area contributed by atoms with E-state index >= 15 is 0 Å². The van der Waals surface area contributed by atoms with Crippen LogP contribution in [0.15, 0.2) is 59.1 Å². The molecule has 1 unspecified atom stereocenters. The van der Waals surface area contributed by atoms with E-state index in [2.05, 4.69) is 20.9 Å². The summed E-state index contributed by atoms with van der Waals surface area (Å²) in [5.41, 5.74) is 3.12. The van der Waals surface area contributed by atoms with E-state index in [0.29, 0.717) is 18.0 Å². The van der Waals surface area contributed by atoms with Crippen molar-refractivity contribution in [1.29, 1.82) is 0 Å². The Hall–Kier alpha value is -3.94. The van der Waals surface area contributed by atoms with Crippen LogP contribution in [0.5, 0.6) is 0 Å². The normalized spacial score (nSPS) is 14.5. The van der Waals surface area contributed by atoms with Crippen LogP contribution in [0.25, 0.3) is 11.3 Å². The highest BCUT2D eigenvalue weighted by Crippen LogP contribution is 2.28. The Morgan fingerprint density at radius 3 is 2.57 bits per heavy atom. The molecule has 4 rings (SSSR count). The minimum atomic E-state index is -0.578. The fourth-order valence-electron chi connectivity index (χ4n) is 4.77. The molecule has 0 spiro atoms. The summed E-state index contributed by atoms with van der Waals surface area (Å²) >= 11 is 0. The molecule has 1 aromatic carbocycles. The number of aromatic nitrogens is 1. The molecule has 0 aliphatic heterocycles. The van der Waals surface area contributed by atoms with Crippen LogP contribution in [0.1, 0.15) is 71.2 Å². The van der Waals surface area contributed by atoms with Gasteiger partial charge in [-0.2, -0.15) is 0 Å². The van der Waals surface area contributed by atoms with E-state index in [0.717, 1.165) is 55.2 Å². The average molecular weight is 503 g/mol. The summed E-state index contributed by atoms with van der Waals surface area (Å²) < 4.78 is 5.87. The van der Waals surface area contributed by atoms with Crippen molar-refractivity contribution in [2.24, 2.45) is 5.92 Å². The number of furan rings is 1. The molecule has 37 heavy (non-hydrogen) atoms. The Balaban J connectivity index is 1.41. The molecule has 2 aromatic heterocycles. The molecule has 8 nitrogen and oxygen atoms in total. The van der Waals surface area contributed by atoms with Crippen LogP contribution in [0.2, 0.25) is 0 Å². The molecule has 2 heterocycles. The lowest BCUT2D eigenvalue weighted by Gasteiger charge is -2.29. The first-order valence-corrected chi connectivity index (χ1v) is 12.9. The van der Waals surface area contributed by atoms with Gasteiger partial charge in [0.05, 0.1) is 0 Å². The van der Waals surface area contributed by atoms with Crippen LogP contribution in [0, 0.1) is 5.92 Å². The Kier molecular flexibility index (Phi) is 8.72. The molecule has 8 heteroatoms. The zero-order valence-corrected chi connectivity index (χ0v) is 21.4. The summed E-state index contributed by atoms with van der Waals surface area (Å²) in [5.74, 6) is -0.0148. The number of carbonyl (C=O) groups is 3. The molecular weight excluding hydrogens is 468 g/mol. The van der Waals surface area contributed by atoms with Crippen molar-refractivity contribution in [3.8, 4) is 11.3 Å². The fraction of sp³-hybridized carbons (Fsp3) is 0.379. The van der Waals surface area contributed by atoms with Gasteiger partial charge in [0.1, 0.15) is 17.5 Å². The monoisotopic (exact) mass is 502 g/mol. The van der Waals surface area contributed by atoms with E-state index in [-0.39, 0.29) is 23.5 Å². The Morgan fingerprint density at radius 2 is 1.81 bits per heavy atom. The van der Waals surface area contributed by atoms with E-state index in [9.17, 15) is 14.4 Å². The molecule has 1 aliphatic rings. The maximum Gasteiger partial charge on any atom is 0.287 e. The third-order valence-corrected chi connectivity index (χ3v) is 6.90. The molecule has 0 saturated heterocycles. The maximum atomic E-state index is 12.9. The summed E-state index contributed by atoms with van der Waals surface area (Å²) in [6, 6.07) is 14.0. The summed E-state index contributed by atoms with van der Waals surface area (Å²) in [5, 5.41) is 8.47. The lowest BCUT2D eigenvalue weighted by atomic mass is 9.83. The van der Waals surface area contributed by atoms with Crippen molar-refractivity contribution in [2.45, 2.75) is 58.0 Å². The van der Waals surface area contributed by atoms with E-state index in [1.165, 1.54) is 0 Å². The number of hydrogen-bond acceptors (Lipinski definition) is 5. The highest BCUT2D eigenvalue weighted by Gasteiger charge is 2.31. The number of aryl methyl sites for hydroxylation is 1. The minimum absolute atomic E-state index is 0.124. The van der Waals surface area contributed by atoms with E-state index < -0.39 is 11.9 Å². The summed E-state index contributed by atoms with van der Waals surface area (Å²) in [7, 11) is 1.59. The molecule has 0 bridgehead atoms. The lowest BCUT2D eigenvalue weighted by molar-refractivity contribution is -0.124. The van der Waals surface area contributed by atoms with Gasteiger partial charge in [0, 0.05) is 25.4 Å². The van der Waals surface area contributed by atoms with Gasteiger partial charge in [0.2, 0.25) is 5.91 Å². The van der Waals surface area contributed by atoms with E-state index in [1.54, 1.807) is 31.4 Å². The van der Waals surface area contributed by atoms with Gasteiger partial charge in [0.15, 0.2) is 5.76 Å². The van der Waals surface area contributed by atoms with Crippen molar-refractivity contribution in [1.82, 2.24) is 20.9 Å². The largest absolute Gasteiger partial charge is 0.451 e. The maximum absolute atomic E-state index is 12.9. The fourth-order valence-corrected chi connectivity index (χ4v) is 4.77. The Labute approximate surface area is 217 Å². The highest BCUT2D eigenvalue weighted by atomic mass is 16.4. The van der Waals surface area contributed by atoms with Crippen LogP contribution in [0.3, 0.4) is 0 Å². The SMILES string of the molecule is CCc1ccnc(C(=O)NCc2cccc(-c3ccc(C(=O)NC(C(=O)NC)C4CCCCC4)o3)c2)c1. The van der Waals surface area contributed by atoms with Crippen molar-refractivity contribution < 1.29 is 18.8 Å². The second kappa shape index (κ2) is 12.3. The van der Waals surface area contributed by atoms with E-state index in [1.807, 2.05) is 37.3 Å². The van der Waals surface area contributed by atoms with Crippen molar-refractivity contribution in [3.05, 3.63) is 77.3 Å². The number of nitrogens with zero attached hydrogens (tertiary/aromatic N) is 1. The number of hydrogen-bond donors (Lipinski definition) is 3. The minimum Gasteiger partial charge on any atom is -0.451 e.